The van der Waals surface area contributed by atoms with Crippen LogP contribution >= 0.6 is 0 Å². The van der Waals surface area contributed by atoms with Crippen LogP contribution in [0.5, 0.6) is 5.75 Å². The zero-order valence-corrected chi connectivity index (χ0v) is 18.1. The number of carbonyl (C=O) groups excluding carboxylic acids is 2. The lowest BCUT2D eigenvalue weighted by atomic mass is 9.88. The summed E-state index contributed by atoms with van der Waals surface area (Å²) in [5.74, 6) is -0.198. The fourth-order valence-corrected chi connectivity index (χ4v) is 4.19. The van der Waals surface area contributed by atoms with Crippen molar-refractivity contribution in [1.82, 2.24) is 0 Å². The number of ether oxygens (including phenoxy) is 1. The van der Waals surface area contributed by atoms with E-state index < -0.39 is 0 Å². The topological polar surface area (TPSA) is 49.9 Å². The molecule has 164 valence electrons. The van der Waals surface area contributed by atoms with Gasteiger partial charge in [-0.05, 0) is 73.5 Å². The third-order valence-corrected chi connectivity index (χ3v) is 5.85. The molecule has 0 N–H and O–H groups in total. The Kier molecular flexibility index (Phi) is 6.21. The van der Waals surface area contributed by atoms with Gasteiger partial charge >= 0.3 is 0 Å². The molecule has 2 amide bonds. The van der Waals surface area contributed by atoms with Crippen molar-refractivity contribution in [3.63, 3.8) is 0 Å². The van der Waals surface area contributed by atoms with Gasteiger partial charge < -0.3 is 14.5 Å². The molecule has 0 spiro atoms. The molecule has 1 aliphatic rings. The van der Waals surface area contributed by atoms with Crippen LogP contribution in [0.4, 0.5) is 15.8 Å². The number of rotatable bonds is 5. The van der Waals surface area contributed by atoms with E-state index in [1.54, 1.807) is 53.3 Å². The van der Waals surface area contributed by atoms with E-state index in [2.05, 4.69) is 0 Å². The van der Waals surface area contributed by atoms with Gasteiger partial charge in [-0.3, -0.25) is 9.59 Å². The van der Waals surface area contributed by atoms with Gasteiger partial charge in [-0.25, -0.2) is 4.39 Å². The van der Waals surface area contributed by atoms with Gasteiger partial charge in [0.15, 0.2) is 0 Å². The number of carbonyl (C=O) groups is 2. The van der Waals surface area contributed by atoms with Gasteiger partial charge in [0.25, 0.3) is 5.91 Å². The highest BCUT2D eigenvalue weighted by Gasteiger charge is 2.35. The number of halogens is 1. The average Bonchev–Trinajstić information content (AvgIpc) is 2.84. The Morgan fingerprint density at radius 2 is 1.72 bits per heavy atom. The Morgan fingerprint density at radius 1 is 1.03 bits per heavy atom. The normalized spacial score (nSPS) is 15.1. The second-order valence-electron chi connectivity index (χ2n) is 7.64. The van der Waals surface area contributed by atoms with Crippen molar-refractivity contribution < 1.29 is 18.7 Å². The summed E-state index contributed by atoms with van der Waals surface area (Å²) >= 11 is 0. The second-order valence-corrected chi connectivity index (χ2v) is 7.64. The standard InChI is InChI=1S/C26H25FN2O3/c1-3-28(20-12-10-19(27)11-13-20)26(31)23-16-17-29(24-7-5-4-6-22(23)24)25(30)18-8-14-21(32-2)15-9-18/h4-15,23H,3,16-17H2,1-2H3/t23-/m0/s1. The SMILES string of the molecule is CCN(C(=O)[C@H]1CCN(C(=O)c2ccc(OC)cc2)c2ccccc21)c1ccc(F)cc1. The molecule has 1 atom stereocenters. The van der Waals surface area contributed by atoms with Crippen LogP contribution in [0.25, 0.3) is 0 Å². The maximum atomic E-state index is 13.5. The van der Waals surface area contributed by atoms with E-state index >= 15 is 0 Å². The number of hydrogen-bond acceptors (Lipinski definition) is 3. The zero-order chi connectivity index (χ0) is 22.7. The van der Waals surface area contributed by atoms with Gasteiger partial charge in [-0.15, -0.1) is 0 Å². The van der Waals surface area contributed by atoms with Gasteiger partial charge in [0.05, 0.1) is 13.0 Å². The summed E-state index contributed by atoms with van der Waals surface area (Å²) in [6.07, 6.45) is 0.509. The summed E-state index contributed by atoms with van der Waals surface area (Å²) in [5.41, 5.74) is 2.79. The number of methoxy groups -OCH3 is 1. The molecule has 0 bridgehead atoms. The molecule has 0 fully saturated rings. The van der Waals surface area contributed by atoms with Crippen molar-refractivity contribution in [2.24, 2.45) is 0 Å². The van der Waals surface area contributed by atoms with Gasteiger partial charge in [-0.2, -0.15) is 0 Å². The quantitative estimate of drug-likeness (QED) is 0.569. The smallest absolute Gasteiger partial charge is 0.258 e. The van der Waals surface area contributed by atoms with Crippen molar-refractivity contribution in [2.75, 3.05) is 30.0 Å². The fraction of sp³-hybridized carbons (Fsp3) is 0.231. The molecule has 1 aliphatic heterocycles. The number of fused-ring (bicyclic) bond motifs is 1. The first-order chi connectivity index (χ1) is 15.5. The van der Waals surface area contributed by atoms with Crippen LogP contribution in [0.2, 0.25) is 0 Å². The van der Waals surface area contributed by atoms with Crippen LogP contribution in [-0.2, 0) is 4.79 Å². The van der Waals surface area contributed by atoms with E-state index in [-0.39, 0.29) is 23.5 Å². The summed E-state index contributed by atoms with van der Waals surface area (Å²) in [5, 5.41) is 0. The molecular formula is C26H25FN2O3. The molecule has 0 radical (unpaired) electrons. The maximum absolute atomic E-state index is 13.5. The van der Waals surface area contributed by atoms with Crippen LogP contribution < -0.4 is 14.5 Å². The molecule has 32 heavy (non-hydrogen) atoms. The maximum Gasteiger partial charge on any atom is 0.258 e. The minimum Gasteiger partial charge on any atom is -0.497 e. The number of anilines is 2. The van der Waals surface area contributed by atoms with E-state index in [9.17, 15) is 14.0 Å². The molecule has 1 heterocycles. The monoisotopic (exact) mass is 432 g/mol. The van der Waals surface area contributed by atoms with E-state index in [4.69, 9.17) is 4.74 Å². The van der Waals surface area contributed by atoms with Gasteiger partial charge in [0, 0.05) is 30.0 Å². The largest absolute Gasteiger partial charge is 0.497 e. The average molecular weight is 432 g/mol. The molecule has 5 nitrogen and oxygen atoms in total. The lowest BCUT2D eigenvalue weighted by Gasteiger charge is -2.36. The minimum absolute atomic E-state index is 0.0527. The summed E-state index contributed by atoms with van der Waals surface area (Å²) in [7, 11) is 1.58. The predicted octanol–water partition coefficient (Wildman–Crippen LogP) is 5.02. The number of para-hydroxylation sites is 1. The van der Waals surface area contributed by atoms with Crippen LogP contribution in [-0.4, -0.2) is 32.0 Å². The molecule has 4 rings (SSSR count). The van der Waals surface area contributed by atoms with Crippen molar-refractivity contribution in [2.45, 2.75) is 19.3 Å². The number of amides is 2. The highest BCUT2D eigenvalue weighted by atomic mass is 19.1. The van der Waals surface area contributed by atoms with Gasteiger partial charge in [-0.1, -0.05) is 18.2 Å². The molecule has 3 aromatic rings. The molecule has 0 aromatic heterocycles. The van der Waals surface area contributed by atoms with Crippen LogP contribution in [0.15, 0.2) is 72.8 Å². The molecule has 3 aromatic carbocycles. The molecule has 0 unspecified atom stereocenters. The minimum atomic E-state index is -0.379. The Morgan fingerprint density at radius 3 is 2.38 bits per heavy atom. The highest BCUT2D eigenvalue weighted by molar-refractivity contribution is 6.08. The van der Waals surface area contributed by atoms with Gasteiger partial charge in [0.2, 0.25) is 5.91 Å². The third-order valence-electron chi connectivity index (χ3n) is 5.85. The van der Waals surface area contributed by atoms with E-state index in [0.29, 0.717) is 36.5 Å². The summed E-state index contributed by atoms with van der Waals surface area (Å²) in [6.45, 7) is 2.80. The molecule has 6 heteroatoms. The molecule has 0 saturated heterocycles. The van der Waals surface area contributed by atoms with E-state index in [0.717, 1.165) is 11.3 Å². The molecule has 0 aliphatic carbocycles. The van der Waals surface area contributed by atoms with Crippen molar-refractivity contribution in [3.8, 4) is 5.75 Å². The van der Waals surface area contributed by atoms with Crippen LogP contribution in [0, 0.1) is 5.82 Å². The third kappa shape index (κ3) is 4.08. The number of hydrogen-bond donors (Lipinski definition) is 0. The highest BCUT2D eigenvalue weighted by Crippen LogP contribution is 2.38. The molecular weight excluding hydrogens is 407 g/mol. The number of likely N-dealkylation sites (N-methyl/N-ethyl adjacent to an activating group) is 1. The molecule has 0 saturated carbocycles. The van der Waals surface area contributed by atoms with Crippen molar-refractivity contribution in [1.29, 1.82) is 0 Å². The Bertz CT molecular complexity index is 1110. The Labute approximate surface area is 187 Å². The van der Waals surface area contributed by atoms with Crippen LogP contribution in [0.1, 0.15) is 35.2 Å². The predicted molar refractivity (Wildman–Crippen MR) is 123 cm³/mol. The van der Waals surface area contributed by atoms with E-state index in [1.807, 2.05) is 31.2 Å². The number of nitrogens with zero attached hydrogens (tertiary/aromatic N) is 2. The lowest BCUT2D eigenvalue weighted by Crippen LogP contribution is -2.42. The first-order valence-corrected chi connectivity index (χ1v) is 10.6. The second kappa shape index (κ2) is 9.22. The van der Waals surface area contributed by atoms with Crippen molar-refractivity contribution >= 4 is 23.2 Å². The van der Waals surface area contributed by atoms with Crippen molar-refractivity contribution in [3.05, 3.63) is 89.7 Å². The number of benzene rings is 3. The summed E-state index contributed by atoms with van der Waals surface area (Å²) < 4.78 is 18.5. The first kappa shape index (κ1) is 21.6. The zero-order valence-electron chi connectivity index (χ0n) is 18.1. The summed E-state index contributed by atoms with van der Waals surface area (Å²) in [6, 6.07) is 20.5. The fourth-order valence-electron chi connectivity index (χ4n) is 4.19. The first-order valence-electron chi connectivity index (χ1n) is 10.6. The van der Waals surface area contributed by atoms with E-state index in [1.165, 1.54) is 12.1 Å². The summed E-state index contributed by atoms with van der Waals surface area (Å²) in [4.78, 5) is 30.1. The Hall–Kier alpha value is -3.67. The lowest BCUT2D eigenvalue weighted by molar-refractivity contribution is -0.120. The Balaban J connectivity index is 1.63. The van der Waals surface area contributed by atoms with Crippen LogP contribution in [0.3, 0.4) is 0 Å². The van der Waals surface area contributed by atoms with Gasteiger partial charge in [0.1, 0.15) is 11.6 Å².